The first-order valence-electron chi connectivity index (χ1n) is 7.50. The summed E-state index contributed by atoms with van der Waals surface area (Å²) in [5.41, 5.74) is 3.11. The average Bonchev–Trinajstić information content (AvgIpc) is 3.17. The maximum absolute atomic E-state index is 14.1. The van der Waals surface area contributed by atoms with E-state index in [0.29, 0.717) is 28.5 Å². The normalized spacial score (nSPS) is 17.2. The van der Waals surface area contributed by atoms with Crippen molar-refractivity contribution in [1.29, 1.82) is 0 Å². The highest BCUT2D eigenvalue weighted by Crippen LogP contribution is 2.22. The van der Waals surface area contributed by atoms with Crippen molar-refractivity contribution in [1.82, 2.24) is 4.98 Å². The highest BCUT2D eigenvalue weighted by Gasteiger charge is 2.16. The molecule has 1 aromatic carbocycles. The molecule has 0 unspecified atom stereocenters. The molecule has 2 N–H and O–H groups in total. The van der Waals surface area contributed by atoms with Gasteiger partial charge in [0, 0.05) is 18.8 Å². The van der Waals surface area contributed by atoms with E-state index in [-0.39, 0.29) is 12.0 Å². The summed E-state index contributed by atoms with van der Waals surface area (Å²) in [6.07, 6.45) is 2.19. The lowest BCUT2D eigenvalue weighted by Gasteiger charge is -2.13. The number of aryl methyl sites for hydroxylation is 1. The van der Waals surface area contributed by atoms with Crippen molar-refractivity contribution >= 4 is 28.6 Å². The summed E-state index contributed by atoms with van der Waals surface area (Å²) in [7, 11) is 0. The van der Waals surface area contributed by atoms with E-state index in [1.165, 1.54) is 17.4 Å². The van der Waals surface area contributed by atoms with E-state index in [1.54, 1.807) is 24.6 Å². The van der Waals surface area contributed by atoms with Crippen LogP contribution < -0.4 is 10.6 Å². The van der Waals surface area contributed by atoms with Crippen LogP contribution in [0.4, 0.5) is 15.8 Å². The summed E-state index contributed by atoms with van der Waals surface area (Å²) in [5.74, 6) is -0.675. The number of hydrogen-bond acceptors (Lipinski definition) is 5. The minimum absolute atomic E-state index is 0.142. The molecule has 0 spiro atoms. The van der Waals surface area contributed by atoms with E-state index >= 15 is 0 Å². The van der Waals surface area contributed by atoms with Crippen LogP contribution in [0, 0.1) is 12.7 Å². The summed E-state index contributed by atoms with van der Waals surface area (Å²) in [5, 5.41) is 5.74. The molecule has 0 saturated carbocycles. The first kappa shape index (κ1) is 15.9. The van der Waals surface area contributed by atoms with Crippen molar-refractivity contribution in [2.75, 3.05) is 23.8 Å². The number of amides is 1. The van der Waals surface area contributed by atoms with Crippen LogP contribution in [0.3, 0.4) is 0 Å². The van der Waals surface area contributed by atoms with Crippen LogP contribution in [0.1, 0.15) is 28.2 Å². The van der Waals surface area contributed by atoms with Crippen LogP contribution in [0.25, 0.3) is 0 Å². The van der Waals surface area contributed by atoms with Gasteiger partial charge in [-0.2, -0.15) is 0 Å². The van der Waals surface area contributed by atoms with Gasteiger partial charge in [-0.05, 0) is 38.0 Å². The number of carbonyl (C=O) groups is 1. The number of nitrogens with one attached hydrogen (secondary N) is 2. The monoisotopic (exact) mass is 335 g/mol. The third kappa shape index (κ3) is 3.86. The van der Waals surface area contributed by atoms with Gasteiger partial charge in [0.25, 0.3) is 5.91 Å². The Bertz CT molecular complexity index is 698. The molecular weight excluding hydrogens is 317 g/mol. The number of thiazole rings is 1. The van der Waals surface area contributed by atoms with E-state index in [1.807, 2.05) is 0 Å². The van der Waals surface area contributed by atoms with Gasteiger partial charge in [0.2, 0.25) is 0 Å². The number of halogens is 1. The van der Waals surface area contributed by atoms with Gasteiger partial charge in [-0.25, -0.2) is 9.37 Å². The minimum atomic E-state index is -0.401. The fraction of sp³-hybridized carbons (Fsp3) is 0.375. The summed E-state index contributed by atoms with van der Waals surface area (Å²) in [6, 6.07) is 4.61. The lowest BCUT2D eigenvalue weighted by atomic mass is 10.2. The average molecular weight is 335 g/mol. The van der Waals surface area contributed by atoms with Crippen molar-refractivity contribution in [2.45, 2.75) is 25.9 Å². The second-order valence-electron chi connectivity index (χ2n) is 5.43. The molecule has 1 amide bonds. The summed E-state index contributed by atoms with van der Waals surface area (Å²) in [4.78, 5) is 16.7. The van der Waals surface area contributed by atoms with Gasteiger partial charge < -0.3 is 15.4 Å². The zero-order valence-electron chi connectivity index (χ0n) is 12.8. The Morgan fingerprint density at radius 3 is 3.04 bits per heavy atom. The second kappa shape index (κ2) is 7.06. The molecule has 5 nitrogen and oxygen atoms in total. The van der Waals surface area contributed by atoms with Crippen LogP contribution in [0.5, 0.6) is 0 Å². The maximum atomic E-state index is 14.1. The van der Waals surface area contributed by atoms with Gasteiger partial charge >= 0.3 is 0 Å². The molecular formula is C16H18FN3O2S. The second-order valence-corrected chi connectivity index (χ2v) is 6.29. The molecule has 122 valence electrons. The van der Waals surface area contributed by atoms with Gasteiger partial charge in [-0.15, -0.1) is 11.3 Å². The van der Waals surface area contributed by atoms with Crippen molar-refractivity contribution in [3.8, 4) is 0 Å². The molecule has 1 saturated heterocycles. The highest BCUT2D eigenvalue weighted by molar-refractivity contribution is 7.12. The Kier molecular flexibility index (Phi) is 4.88. The number of benzene rings is 1. The number of carbonyl (C=O) groups excluding carboxylic acids is 1. The SMILES string of the molecule is Cc1ncsc1C(=O)Nc1ccc(NC[C@H]2CCCO2)c(F)c1. The van der Waals surface area contributed by atoms with E-state index in [2.05, 4.69) is 15.6 Å². The zero-order chi connectivity index (χ0) is 16.2. The van der Waals surface area contributed by atoms with Crippen LogP contribution in [-0.2, 0) is 4.74 Å². The molecule has 1 aliphatic rings. The van der Waals surface area contributed by atoms with Crippen molar-refractivity contribution in [2.24, 2.45) is 0 Å². The molecule has 0 radical (unpaired) electrons. The molecule has 23 heavy (non-hydrogen) atoms. The van der Waals surface area contributed by atoms with E-state index in [4.69, 9.17) is 4.74 Å². The molecule has 1 aliphatic heterocycles. The Balaban J connectivity index is 1.62. The molecule has 0 aliphatic carbocycles. The minimum Gasteiger partial charge on any atom is -0.380 e. The molecule has 2 heterocycles. The van der Waals surface area contributed by atoms with E-state index in [0.717, 1.165) is 19.4 Å². The van der Waals surface area contributed by atoms with Gasteiger partial charge in [0.05, 0.1) is 23.0 Å². The number of ether oxygens (including phenoxy) is 1. The zero-order valence-corrected chi connectivity index (χ0v) is 13.6. The molecule has 2 aromatic rings. The lowest BCUT2D eigenvalue weighted by Crippen LogP contribution is -2.19. The predicted octanol–water partition coefficient (Wildman–Crippen LogP) is 3.43. The number of anilines is 2. The first-order chi connectivity index (χ1) is 11.1. The third-order valence-electron chi connectivity index (χ3n) is 3.72. The molecule has 7 heteroatoms. The van der Waals surface area contributed by atoms with Crippen LogP contribution in [0.2, 0.25) is 0 Å². The van der Waals surface area contributed by atoms with Gasteiger partial charge in [0.15, 0.2) is 0 Å². The fourth-order valence-electron chi connectivity index (χ4n) is 2.47. The molecule has 3 rings (SSSR count). The summed E-state index contributed by atoms with van der Waals surface area (Å²) in [6.45, 7) is 3.13. The van der Waals surface area contributed by atoms with Crippen LogP contribution >= 0.6 is 11.3 Å². The topological polar surface area (TPSA) is 63.2 Å². The highest BCUT2D eigenvalue weighted by atomic mass is 32.1. The fourth-order valence-corrected chi connectivity index (χ4v) is 3.17. The number of rotatable bonds is 5. The molecule has 1 atom stereocenters. The Morgan fingerprint density at radius 2 is 2.39 bits per heavy atom. The van der Waals surface area contributed by atoms with Crippen LogP contribution in [0.15, 0.2) is 23.7 Å². The van der Waals surface area contributed by atoms with Gasteiger partial charge in [0.1, 0.15) is 10.7 Å². The summed E-state index contributed by atoms with van der Waals surface area (Å²) >= 11 is 1.26. The lowest BCUT2D eigenvalue weighted by molar-refractivity contribution is 0.103. The molecule has 1 aromatic heterocycles. The van der Waals surface area contributed by atoms with Crippen molar-refractivity contribution in [3.05, 3.63) is 40.1 Å². The molecule has 1 fully saturated rings. The van der Waals surface area contributed by atoms with Crippen molar-refractivity contribution in [3.63, 3.8) is 0 Å². The first-order valence-corrected chi connectivity index (χ1v) is 8.38. The smallest absolute Gasteiger partial charge is 0.267 e. The third-order valence-corrected chi connectivity index (χ3v) is 4.65. The van der Waals surface area contributed by atoms with Gasteiger partial charge in [-0.3, -0.25) is 4.79 Å². The van der Waals surface area contributed by atoms with E-state index in [9.17, 15) is 9.18 Å². The van der Waals surface area contributed by atoms with E-state index < -0.39 is 5.82 Å². The quantitative estimate of drug-likeness (QED) is 0.879. The largest absolute Gasteiger partial charge is 0.380 e. The van der Waals surface area contributed by atoms with Crippen molar-refractivity contribution < 1.29 is 13.9 Å². The Hall–Kier alpha value is -1.99. The summed E-state index contributed by atoms with van der Waals surface area (Å²) < 4.78 is 19.6. The molecule has 0 bridgehead atoms. The number of hydrogen-bond donors (Lipinski definition) is 2. The number of nitrogens with zero attached hydrogens (tertiary/aromatic N) is 1. The van der Waals surface area contributed by atoms with Crippen LogP contribution in [-0.4, -0.2) is 30.1 Å². The predicted molar refractivity (Wildman–Crippen MR) is 88.7 cm³/mol. The van der Waals surface area contributed by atoms with Gasteiger partial charge in [-0.1, -0.05) is 0 Å². The standard InChI is InChI=1S/C16H18FN3O2S/c1-10-15(23-9-19-10)16(21)20-11-4-5-14(13(17)7-11)18-8-12-3-2-6-22-12/h4-5,7,9,12,18H,2-3,6,8H2,1H3,(H,20,21)/t12-/m1/s1. The Morgan fingerprint density at radius 1 is 1.52 bits per heavy atom. The Labute approximate surface area is 137 Å². The maximum Gasteiger partial charge on any atom is 0.267 e. The number of aromatic nitrogens is 1.